The van der Waals surface area contributed by atoms with E-state index in [9.17, 15) is 0 Å². The summed E-state index contributed by atoms with van der Waals surface area (Å²) in [5.74, 6) is 4.54. The van der Waals surface area contributed by atoms with Gasteiger partial charge < -0.3 is 9.47 Å². The molecule has 6 aliphatic rings. The van der Waals surface area contributed by atoms with Crippen LogP contribution in [0.25, 0.3) is 0 Å². The van der Waals surface area contributed by atoms with Gasteiger partial charge in [0.2, 0.25) is 0 Å². The first-order valence-electron chi connectivity index (χ1n) is 13.6. The first-order chi connectivity index (χ1) is 14.2. The molecule has 170 valence electrons. The summed E-state index contributed by atoms with van der Waals surface area (Å²) in [6.45, 7) is 13.8. The van der Waals surface area contributed by atoms with E-state index in [-0.39, 0.29) is 5.79 Å². The van der Waals surface area contributed by atoms with Crippen LogP contribution in [0.1, 0.15) is 105 Å². The number of hydrogen-bond donors (Lipinski definition) is 0. The maximum Gasteiger partial charge on any atom is 0.171 e. The van der Waals surface area contributed by atoms with E-state index in [0.29, 0.717) is 40.1 Å². The minimum atomic E-state index is -0.268. The topological polar surface area (TPSA) is 18.5 Å². The molecular formula is C28H46O2. The SMILES string of the molecule is CC1CC[C@@]2(OC1)O[C@H]1C[C@@]3(C)[C@@H]4CC[C@@H]5CCCC[C@]5(C)[C@H]4CC[C@]3(C)[C@H]1[C@@H]2C. The van der Waals surface area contributed by atoms with Gasteiger partial charge in [-0.25, -0.2) is 0 Å². The molecule has 1 unspecified atom stereocenters. The quantitative estimate of drug-likeness (QED) is 0.417. The van der Waals surface area contributed by atoms with Crippen LogP contribution >= 0.6 is 0 Å². The molecule has 2 aliphatic heterocycles. The Morgan fingerprint density at radius 2 is 1.60 bits per heavy atom. The van der Waals surface area contributed by atoms with Gasteiger partial charge in [-0.05, 0) is 97.2 Å². The maximum atomic E-state index is 6.99. The molecule has 6 rings (SSSR count). The van der Waals surface area contributed by atoms with Gasteiger partial charge in [-0.3, -0.25) is 0 Å². The third-order valence-corrected chi connectivity index (χ3v) is 12.6. The molecule has 0 bridgehead atoms. The Hall–Kier alpha value is -0.0800. The summed E-state index contributed by atoms with van der Waals surface area (Å²) in [5.41, 5.74) is 1.50. The van der Waals surface area contributed by atoms with E-state index in [1.54, 1.807) is 0 Å². The lowest BCUT2D eigenvalue weighted by molar-refractivity contribution is -0.276. The number of rotatable bonds is 0. The Morgan fingerprint density at radius 1 is 0.767 bits per heavy atom. The lowest BCUT2D eigenvalue weighted by Crippen LogP contribution is -2.58. The second-order valence-corrected chi connectivity index (χ2v) is 13.6. The van der Waals surface area contributed by atoms with E-state index in [4.69, 9.17) is 9.47 Å². The van der Waals surface area contributed by atoms with Crippen molar-refractivity contribution < 1.29 is 9.47 Å². The van der Waals surface area contributed by atoms with E-state index in [0.717, 1.165) is 30.8 Å². The van der Waals surface area contributed by atoms with Crippen molar-refractivity contribution in [1.82, 2.24) is 0 Å². The normalized spacial score (nSPS) is 62.5. The van der Waals surface area contributed by atoms with Crippen LogP contribution in [0.2, 0.25) is 0 Å². The smallest absolute Gasteiger partial charge is 0.171 e. The van der Waals surface area contributed by atoms with Crippen LogP contribution in [0.5, 0.6) is 0 Å². The Bertz CT molecular complexity index is 695. The van der Waals surface area contributed by atoms with E-state index in [1.165, 1.54) is 64.2 Å². The Balaban J connectivity index is 1.31. The molecule has 6 fully saturated rings. The van der Waals surface area contributed by atoms with Gasteiger partial charge >= 0.3 is 0 Å². The lowest BCUT2D eigenvalue weighted by atomic mass is 9.40. The molecule has 0 aromatic rings. The molecule has 1 spiro atoms. The minimum Gasteiger partial charge on any atom is -0.349 e. The number of hydrogen-bond acceptors (Lipinski definition) is 2. The highest BCUT2D eigenvalue weighted by Gasteiger charge is 2.73. The van der Waals surface area contributed by atoms with E-state index in [2.05, 4.69) is 34.6 Å². The van der Waals surface area contributed by atoms with Gasteiger partial charge in [0.1, 0.15) is 0 Å². The third kappa shape index (κ3) is 2.39. The third-order valence-electron chi connectivity index (χ3n) is 12.6. The largest absolute Gasteiger partial charge is 0.349 e. The predicted molar refractivity (Wildman–Crippen MR) is 121 cm³/mol. The van der Waals surface area contributed by atoms with E-state index in [1.807, 2.05) is 0 Å². The lowest BCUT2D eigenvalue weighted by Gasteiger charge is -2.64. The fourth-order valence-electron chi connectivity index (χ4n) is 10.7. The molecule has 2 saturated heterocycles. The first kappa shape index (κ1) is 20.5. The summed E-state index contributed by atoms with van der Waals surface area (Å²) in [5, 5.41) is 0. The second kappa shape index (κ2) is 6.49. The van der Waals surface area contributed by atoms with Crippen molar-refractivity contribution >= 4 is 0 Å². The molecule has 4 saturated carbocycles. The summed E-state index contributed by atoms with van der Waals surface area (Å²) in [7, 11) is 0. The molecule has 30 heavy (non-hydrogen) atoms. The molecule has 0 N–H and O–H groups in total. The molecule has 0 amide bonds. The zero-order chi connectivity index (χ0) is 20.9. The summed E-state index contributed by atoms with van der Waals surface area (Å²) in [4.78, 5) is 0. The number of ether oxygens (including phenoxy) is 2. The Morgan fingerprint density at radius 3 is 2.37 bits per heavy atom. The van der Waals surface area contributed by atoms with Crippen LogP contribution in [0, 0.1) is 51.8 Å². The molecule has 0 aromatic carbocycles. The highest BCUT2D eigenvalue weighted by molar-refractivity contribution is 5.19. The Labute approximate surface area is 185 Å². The molecule has 2 heteroatoms. The highest BCUT2D eigenvalue weighted by atomic mass is 16.7. The van der Waals surface area contributed by atoms with Crippen LogP contribution in [0.3, 0.4) is 0 Å². The van der Waals surface area contributed by atoms with Gasteiger partial charge in [0.15, 0.2) is 5.79 Å². The van der Waals surface area contributed by atoms with Crippen molar-refractivity contribution in [2.45, 2.75) is 117 Å². The molecular weight excluding hydrogens is 368 g/mol. The van der Waals surface area contributed by atoms with Crippen molar-refractivity contribution in [3.63, 3.8) is 0 Å². The van der Waals surface area contributed by atoms with Crippen molar-refractivity contribution in [2.75, 3.05) is 6.61 Å². The fourth-order valence-corrected chi connectivity index (χ4v) is 10.7. The van der Waals surface area contributed by atoms with Crippen molar-refractivity contribution in [3.8, 4) is 0 Å². The van der Waals surface area contributed by atoms with E-state index < -0.39 is 0 Å². The van der Waals surface area contributed by atoms with Crippen molar-refractivity contribution in [2.24, 2.45) is 51.8 Å². The van der Waals surface area contributed by atoms with Gasteiger partial charge in [-0.2, -0.15) is 0 Å². The minimum absolute atomic E-state index is 0.268. The van der Waals surface area contributed by atoms with Crippen LogP contribution in [0.15, 0.2) is 0 Å². The van der Waals surface area contributed by atoms with Gasteiger partial charge in [0.25, 0.3) is 0 Å². The highest BCUT2D eigenvalue weighted by Crippen LogP contribution is 2.76. The van der Waals surface area contributed by atoms with Gasteiger partial charge in [0.05, 0.1) is 12.7 Å². The standard InChI is InChI=1S/C28H46O2/c1-18-11-15-28(29-17-18)19(2)24-23(30-28)16-27(5)22-10-9-20-8-6-7-13-25(20,3)21(22)12-14-26(24,27)4/h18-24H,6-17H2,1-5H3/t18?,19-,20-,21-,22+,23-,24-,25-,26+,27-,28+/m0/s1. The van der Waals surface area contributed by atoms with Crippen molar-refractivity contribution in [1.29, 1.82) is 0 Å². The number of fused-ring (bicyclic) bond motifs is 7. The Kier molecular flexibility index (Phi) is 4.44. The maximum absolute atomic E-state index is 6.99. The van der Waals surface area contributed by atoms with E-state index >= 15 is 0 Å². The summed E-state index contributed by atoms with van der Waals surface area (Å²) >= 11 is 0. The average molecular weight is 415 g/mol. The summed E-state index contributed by atoms with van der Waals surface area (Å²) in [6, 6.07) is 0. The molecule has 0 aromatic heterocycles. The van der Waals surface area contributed by atoms with Crippen LogP contribution in [-0.2, 0) is 9.47 Å². The van der Waals surface area contributed by atoms with Crippen LogP contribution < -0.4 is 0 Å². The molecule has 2 nitrogen and oxygen atoms in total. The zero-order valence-electron chi connectivity index (χ0n) is 20.3. The molecule has 0 radical (unpaired) electrons. The monoisotopic (exact) mass is 414 g/mol. The van der Waals surface area contributed by atoms with Crippen molar-refractivity contribution in [3.05, 3.63) is 0 Å². The van der Waals surface area contributed by atoms with Gasteiger partial charge in [0, 0.05) is 12.3 Å². The predicted octanol–water partition coefficient (Wildman–Crippen LogP) is 7.21. The molecule has 2 heterocycles. The second-order valence-electron chi connectivity index (χ2n) is 13.6. The summed E-state index contributed by atoms with van der Waals surface area (Å²) < 4.78 is 13.5. The van der Waals surface area contributed by atoms with Gasteiger partial charge in [-0.15, -0.1) is 0 Å². The fraction of sp³-hybridized carbons (Fsp3) is 1.00. The zero-order valence-corrected chi connectivity index (χ0v) is 20.3. The first-order valence-corrected chi connectivity index (χ1v) is 13.6. The molecule has 4 aliphatic carbocycles. The van der Waals surface area contributed by atoms with Crippen LogP contribution in [0.4, 0.5) is 0 Å². The molecule has 11 atom stereocenters. The van der Waals surface area contributed by atoms with Gasteiger partial charge in [-0.1, -0.05) is 47.5 Å². The summed E-state index contributed by atoms with van der Waals surface area (Å²) in [6.07, 6.45) is 16.0. The van der Waals surface area contributed by atoms with Crippen LogP contribution in [-0.4, -0.2) is 18.5 Å². The average Bonchev–Trinajstić information content (AvgIpc) is 3.11.